The molecular weight excluding hydrogens is 331 g/mol. The molecule has 0 atom stereocenters. The lowest BCUT2D eigenvalue weighted by atomic mass is 10.3. The monoisotopic (exact) mass is 344 g/mol. The Hall–Kier alpha value is -1.37. The lowest BCUT2D eigenvalue weighted by molar-refractivity contribution is 0.949. The maximum Gasteiger partial charge on any atom is 0.329 e. The highest BCUT2D eigenvalue weighted by Crippen LogP contribution is 2.35. The third kappa shape index (κ3) is 2.84. The highest BCUT2D eigenvalue weighted by atomic mass is 35.5. The van der Waals surface area contributed by atoms with Crippen molar-refractivity contribution in [1.29, 1.82) is 0 Å². The summed E-state index contributed by atoms with van der Waals surface area (Å²) in [5.41, 5.74) is 0.665. The molecule has 1 aromatic heterocycles. The fraction of sp³-hybridized carbons (Fsp3) is 0.308. The Labute approximate surface area is 135 Å². The molecule has 1 saturated heterocycles. The molecule has 3 rings (SSSR count). The molecule has 21 heavy (non-hydrogen) atoms. The molecule has 2 aromatic rings. The molecule has 5 nitrogen and oxygen atoms in total. The van der Waals surface area contributed by atoms with Gasteiger partial charge in [0.15, 0.2) is 5.82 Å². The number of benzene rings is 1. The summed E-state index contributed by atoms with van der Waals surface area (Å²) in [5.74, 6) is 6.42. The van der Waals surface area contributed by atoms with Gasteiger partial charge in [-0.3, -0.25) is 4.79 Å². The van der Waals surface area contributed by atoms with E-state index in [1.807, 2.05) is 0 Å². The van der Waals surface area contributed by atoms with Crippen molar-refractivity contribution < 1.29 is 0 Å². The van der Waals surface area contributed by atoms with Gasteiger partial charge in [-0.2, -0.15) is 4.68 Å². The molecule has 0 saturated carbocycles. The molecule has 1 aromatic carbocycles. The van der Waals surface area contributed by atoms with E-state index >= 15 is 0 Å². The zero-order chi connectivity index (χ0) is 15.0. The molecule has 0 spiro atoms. The lowest BCUT2D eigenvalue weighted by Crippen LogP contribution is -2.24. The van der Waals surface area contributed by atoms with E-state index in [0.717, 1.165) is 46.9 Å². The van der Waals surface area contributed by atoms with Gasteiger partial charge in [0, 0.05) is 18.1 Å². The number of thiazole rings is 1. The molecule has 0 unspecified atom stereocenters. The molecule has 1 aliphatic heterocycles. The van der Waals surface area contributed by atoms with E-state index in [2.05, 4.69) is 10.2 Å². The fourth-order valence-electron chi connectivity index (χ4n) is 2.34. The maximum atomic E-state index is 11.9. The standard InChI is InChI=1S/C13H14Cl2N4OS/c14-8-3-4-10(9(15)7-8)17-11-12(18-5-1-2-6-18)21-13(20)19(11)16/h3-4,7,17H,1-2,5-6,16H2. The first kappa shape index (κ1) is 14.6. The van der Waals surface area contributed by atoms with E-state index in [0.29, 0.717) is 21.6 Å². The van der Waals surface area contributed by atoms with Crippen LogP contribution in [0.4, 0.5) is 16.5 Å². The van der Waals surface area contributed by atoms with Gasteiger partial charge in [-0.05, 0) is 31.0 Å². The number of anilines is 3. The molecule has 1 aliphatic rings. The summed E-state index contributed by atoms with van der Waals surface area (Å²) in [5, 5.41) is 5.04. The molecule has 2 heterocycles. The van der Waals surface area contributed by atoms with Gasteiger partial charge < -0.3 is 16.1 Å². The number of aromatic nitrogens is 1. The van der Waals surface area contributed by atoms with Crippen molar-refractivity contribution in [3.8, 4) is 0 Å². The van der Waals surface area contributed by atoms with Crippen molar-refractivity contribution in [3.63, 3.8) is 0 Å². The van der Waals surface area contributed by atoms with Crippen LogP contribution in [0.2, 0.25) is 10.0 Å². The molecule has 0 aliphatic carbocycles. The van der Waals surface area contributed by atoms with Gasteiger partial charge in [0.25, 0.3) is 0 Å². The number of nitrogen functional groups attached to an aromatic ring is 1. The number of nitrogens with two attached hydrogens (primary N) is 1. The van der Waals surface area contributed by atoms with Gasteiger partial charge in [-0.1, -0.05) is 34.5 Å². The zero-order valence-electron chi connectivity index (χ0n) is 11.1. The molecule has 1 fully saturated rings. The smallest absolute Gasteiger partial charge is 0.329 e. The predicted octanol–water partition coefficient (Wildman–Crippen LogP) is 3.27. The summed E-state index contributed by atoms with van der Waals surface area (Å²) < 4.78 is 1.13. The summed E-state index contributed by atoms with van der Waals surface area (Å²) in [6.07, 6.45) is 2.25. The molecule has 3 N–H and O–H groups in total. The number of nitrogens with zero attached hydrogens (tertiary/aromatic N) is 2. The Kier molecular flexibility index (Phi) is 4.01. The quantitative estimate of drug-likeness (QED) is 0.838. The summed E-state index contributed by atoms with van der Waals surface area (Å²) in [4.78, 5) is 13.8. The van der Waals surface area contributed by atoms with Crippen LogP contribution in [0.1, 0.15) is 12.8 Å². The van der Waals surface area contributed by atoms with Crippen LogP contribution in [0.25, 0.3) is 0 Å². The molecule has 0 radical (unpaired) electrons. The molecule has 112 valence electrons. The minimum atomic E-state index is -0.204. The first-order valence-corrected chi connectivity index (χ1v) is 8.11. The highest BCUT2D eigenvalue weighted by molar-refractivity contribution is 7.14. The van der Waals surface area contributed by atoms with Gasteiger partial charge in [-0.25, -0.2) is 0 Å². The Morgan fingerprint density at radius 2 is 1.95 bits per heavy atom. The number of hydrogen-bond donors (Lipinski definition) is 2. The summed E-state index contributed by atoms with van der Waals surface area (Å²) in [6.45, 7) is 1.87. The number of halogens is 2. The number of nitrogens with one attached hydrogen (secondary N) is 1. The van der Waals surface area contributed by atoms with Crippen LogP contribution < -0.4 is 20.9 Å². The summed E-state index contributed by atoms with van der Waals surface area (Å²) in [6, 6.07) is 5.14. The van der Waals surface area contributed by atoms with Crippen LogP contribution in [0.3, 0.4) is 0 Å². The van der Waals surface area contributed by atoms with Crippen LogP contribution in [0, 0.1) is 0 Å². The van der Waals surface area contributed by atoms with Crippen molar-refractivity contribution in [2.24, 2.45) is 0 Å². The van der Waals surface area contributed by atoms with E-state index in [-0.39, 0.29) is 4.87 Å². The van der Waals surface area contributed by atoms with E-state index in [9.17, 15) is 4.79 Å². The fourth-order valence-corrected chi connectivity index (χ4v) is 3.71. The van der Waals surface area contributed by atoms with E-state index < -0.39 is 0 Å². The van der Waals surface area contributed by atoms with Gasteiger partial charge in [0.05, 0.1) is 10.7 Å². The van der Waals surface area contributed by atoms with Crippen LogP contribution in [0.15, 0.2) is 23.0 Å². The first-order chi connectivity index (χ1) is 10.1. The minimum absolute atomic E-state index is 0.204. The van der Waals surface area contributed by atoms with Crippen molar-refractivity contribution in [3.05, 3.63) is 37.9 Å². The summed E-state index contributed by atoms with van der Waals surface area (Å²) >= 11 is 13.2. The normalized spacial score (nSPS) is 14.7. The average molecular weight is 345 g/mol. The first-order valence-electron chi connectivity index (χ1n) is 6.54. The van der Waals surface area contributed by atoms with Crippen LogP contribution in [-0.2, 0) is 0 Å². The topological polar surface area (TPSA) is 63.3 Å². The zero-order valence-corrected chi connectivity index (χ0v) is 13.4. The van der Waals surface area contributed by atoms with Crippen molar-refractivity contribution >= 4 is 51.0 Å². The lowest BCUT2D eigenvalue weighted by Gasteiger charge is -2.18. The predicted molar refractivity (Wildman–Crippen MR) is 89.9 cm³/mol. The maximum absolute atomic E-state index is 11.9. The SMILES string of the molecule is Nn1c(Nc2ccc(Cl)cc2Cl)c(N2CCCC2)sc1=O. The summed E-state index contributed by atoms with van der Waals surface area (Å²) in [7, 11) is 0. The second-order valence-electron chi connectivity index (χ2n) is 4.84. The second kappa shape index (κ2) is 5.79. The Morgan fingerprint density at radius 3 is 2.62 bits per heavy atom. The third-order valence-electron chi connectivity index (χ3n) is 3.40. The molecule has 0 amide bonds. The number of hydrogen-bond acceptors (Lipinski definition) is 5. The largest absolute Gasteiger partial charge is 0.360 e. The van der Waals surface area contributed by atoms with Crippen molar-refractivity contribution in [2.45, 2.75) is 12.8 Å². The van der Waals surface area contributed by atoms with Gasteiger partial charge in [0.2, 0.25) is 0 Å². The van der Waals surface area contributed by atoms with Gasteiger partial charge >= 0.3 is 4.87 Å². The molecular formula is C13H14Cl2N4OS. The van der Waals surface area contributed by atoms with E-state index in [4.69, 9.17) is 29.0 Å². The average Bonchev–Trinajstić information content (AvgIpc) is 3.05. The number of rotatable bonds is 3. The minimum Gasteiger partial charge on any atom is -0.360 e. The van der Waals surface area contributed by atoms with Crippen LogP contribution in [0.5, 0.6) is 0 Å². The van der Waals surface area contributed by atoms with Crippen LogP contribution in [-0.4, -0.2) is 17.8 Å². The van der Waals surface area contributed by atoms with Gasteiger partial charge in [-0.15, -0.1) is 0 Å². The van der Waals surface area contributed by atoms with Gasteiger partial charge in [0.1, 0.15) is 5.00 Å². The Morgan fingerprint density at radius 1 is 1.24 bits per heavy atom. The van der Waals surface area contributed by atoms with Crippen LogP contribution >= 0.6 is 34.5 Å². The molecule has 8 heteroatoms. The Balaban J connectivity index is 1.99. The van der Waals surface area contributed by atoms with E-state index in [1.165, 1.54) is 0 Å². The molecule has 0 bridgehead atoms. The third-order valence-corrected chi connectivity index (χ3v) is 4.97. The Bertz CT molecular complexity index is 721. The van der Waals surface area contributed by atoms with Crippen molar-refractivity contribution in [1.82, 2.24) is 4.68 Å². The van der Waals surface area contributed by atoms with Crippen molar-refractivity contribution in [2.75, 3.05) is 29.1 Å². The second-order valence-corrected chi connectivity index (χ2v) is 6.62. The highest BCUT2D eigenvalue weighted by Gasteiger charge is 2.22. The van der Waals surface area contributed by atoms with E-state index in [1.54, 1.807) is 18.2 Å².